The van der Waals surface area contributed by atoms with E-state index in [0.717, 1.165) is 6.42 Å². The van der Waals surface area contributed by atoms with Crippen molar-refractivity contribution in [1.29, 1.82) is 0 Å². The molecule has 90 valence electrons. The summed E-state index contributed by atoms with van der Waals surface area (Å²) in [6, 6.07) is 14.9. The molecule has 2 rings (SSSR count). The van der Waals surface area contributed by atoms with E-state index in [1.165, 1.54) is 14.2 Å². The van der Waals surface area contributed by atoms with Crippen LogP contribution in [-0.2, 0) is 6.42 Å². The molecule has 0 radical (unpaired) electrons. The number of benzene rings is 1. The number of rotatable bonds is 4. The maximum atomic E-state index is 6.28. The first-order valence-corrected chi connectivity index (χ1v) is 7.32. The van der Waals surface area contributed by atoms with Gasteiger partial charge in [-0.15, -0.1) is 11.3 Å². The minimum absolute atomic E-state index is 0.169. The summed E-state index contributed by atoms with van der Waals surface area (Å²) < 4.78 is 1.17. The van der Waals surface area contributed by atoms with Gasteiger partial charge in [0.2, 0.25) is 0 Å². The van der Waals surface area contributed by atoms with Crippen LogP contribution in [0.5, 0.6) is 0 Å². The molecule has 3 heteroatoms. The molecule has 1 aromatic carbocycles. The molecular formula is C14H16BrNS. The van der Waals surface area contributed by atoms with Crippen molar-refractivity contribution in [2.45, 2.75) is 25.3 Å². The van der Waals surface area contributed by atoms with Crippen LogP contribution in [0, 0.1) is 0 Å². The molecule has 0 amide bonds. The fraction of sp³-hybridized carbons (Fsp3) is 0.286. The van der Waals surface area contributed by atoms with Crippen LogP contribution in [0.2, 0.25) is 0 Å². The van der Waals surface area contributed by atoms with Crippen LogP contribution in [0.3, 0.4) is 0 Å². The summed E-state index contributed by atoms with van der Waals surface area (Å²) in [5.74, 6) is 0.386. The van der Waals surface area contributed by atoms with Crippen LogP contribution < -0.4 is 5.73 Å². The summed E-state index contributed by atoms with van der Waals surface area (Å²) >= 11 is 5.25. The van der Waals surface area contributed by atoms with Crippen LogP contribution in [-0.4, -0.2) is 6.04 Å². The second kappa shape index (κ2) is 5.80. The van der Waals surface area contributed by atoms with Crippen molar-refractivity contribution in [3.05, 3.63) is 56.7 Å². The molecule has 1 heterocycles. The molecular weight excluding hydrogens is 294 g/mol. The highest BCUT2D eigenvalue weighted by molar-refractivity contribution is 9.11. The van der Waals surface area contributed by atoms with Crippen molar-refractivity contribution >= 4 is 27.3 Å². The Morgan fingerprint density at radius 3 is 2.47 bits per heavy atom. The van der Waals surface area contributed by atoms with Gasteiger partial charge in [-0.1, -0.05) is 37.3 Å². The summed E-state index contributed by atoms with van der Waals surface area (Å²) in [5, 5.41) is 0. The van der Waals surface area contributed by atoms with Crippen molar-refractivity contribution in [1.82, 2.24) is 0 Å². The Morgan fingerprint density at radius 2 is 1.88 bits per heavy atom. The highest BCUT2D eigenvalue weighted by atomic mass is 79.9. The van der Waals surface area contributed by atoms with Crippen LogP contribution >= 0.6 is 27.3 Å². The Kier molecular flexibility index (Phi) is 4.37. The molecule has 0 saturated carbocycles. The van der Waals surface area contributed by atoms with Gasteiger partial charge < -0.3 is 5.73 Å². The standard InChI is InChI=1S/C14H16BrNS/c1-10(11-5-3-2-4-6-11)13(16)9-12-7-8-14(15)17-12/h2-8,10,13H,9,16H2,1H3. The molecule has 2 aromatic rings. The van der Waals surface area contributed by atoms with Crippen molar-refractivity contribution in [3.8, 4) is 0 Å². The fourth-order valence-corrected chi connectivity index (χ4v) is 3.43. The average molecular weight is 310 g/mol. The van der Waals surface area contributed by atoms with E-state index < -0.39 is 0 Å². The van der Waals surface area contributed by atoms with Gasteiger partial charge >= 0.3 is 0 Å². The van der Waals surface area contributed by atoms with Gasteiger partial charge in [-0.2, -0.15) is 0 Å². The van der Waals surface area contributed by atoms with Gasteiger partial charge in [-0.3, -0.25) is 0 Å². The van der Waals surface area contributed by atoms with Crippen LogP contribution in [0.1, 0.15) is 23.3 Å². The summed E-state index contributed by atoms with van der Waals surface area (Å²) in [6.45, 7) is 2.20. The molecule has 2 N–H and O–H groups in total. The molecule has 1 nitrogen and oxygen atoms in total. The predicted molar refractivity (Wildman–Crippen MR) is 78.6 cm³/mol. The van der Waals surface area contributed by atoms with Crippen molar-refractivity contribution in [3.63, 3.8) is 0 Å². The molecule has 0 aliphatic rings. The minimum atomic E-state index is 0.169. The van der Waals surface area contributed by atoms with E-state index in [1.807, 2.05) is 6.07 Å². The number of hydrogen-bond acceptors (Lipinski definition) is 2. The Hall–Kier alpha value is -0.640. The third-order valence-electron chi connectivity index (χ3n) is 3.03. The largest absolute Gasteiger partial charge is 0.327 e. The zero-order chi connectivity index (χ0) is 12.3. The van der Waals surface area contributed by atoms with Crippen molar-refractivity contribution in [2.24, 2.45) is 5.73 Å². The van der Waals surface area contributed by atoms with E-state index in [2.05, 4.69) is 59.3 Å². The summed E-state index contributed by atoms with van der Waals surface area (Å²) in [7, 11) is 0. The van der Waals surface area contributed by atoms with E-state index in [1.54, 1.807) is 11.3 Å². The van der Waals surface area contributed by atoms with Gasteiger partial charge in [0, 0.05) is 10.9 Å². The Labute approximate surface area is 115 Å². The molecule has 2 unspecified atom stereocenters. The molecule has 0 bridgehead atoms. The van der Waals surface area contributed by atoms with Gasteiger partial charge in [-0.05, 0) is 46.0 Å². The fourth-order valence-electron chi connectivity index (χ4n) is 1.87. The average Bonchev–Trinajstić information content (AvgIpc) is 2.75. The first-order valence-electron chi connectivity index (χ1n) is 5.71. The number of halogens is 1. The predicted octanol–water partition coefficient (Wildman–Crippen LogP) is 4.18. The Balaban J connectivity index is 2.03. The molecule has 0 aliphatic carbocycles. The zero-order valence-corrected chi connectivity index (χ0v) is 12.2. The Bertz CT molecular complexity index is 466. The van der Waals surface area contributed by atoms with E-state index in [-0.39, 0.29) is 6.04 Å². The summed E-state index contributed by atoms with van der Waals surface area (Å²) in [5.41, 5.74) is 7.60. The third kappa shape index (κ3) is 3.41. The van der Waals surface area contributed by atoms with Gasteiger partial charge in [0.15, 0.2) is 0 Å². The summed E-state index contributed by atoms with van der Waals surface area (Å²) in [6.07, 6.45) is 0.937. The van der Waals surface area contributed by atoms with Gasteiger partial charge in [0.05, 0.1) is 3.79 Å². The minimum Gasteiger partial charge on any atom is -0.327 e. The lowest BCUT2D eigenvalue weighted by molar-refractivity contribution is 0.567. The normalized spacial score (nSPS) is 14.5. The topological polar surface area (TPSA) is 26.0 Å². The lowest BCUT2D eigenvalue weighted by Gasteiger charge is -2.19. The number of nitrogens with two attached hydrogens (primary N) is 1. The smallest absolute Gasteiger partial charge is 0.0701 e. The van der Waals surface area contributed by atoms with E-state index >= 15 is 0 Å². The lowest BCUT2D eigenvalue weighted by Crippen LogP contribution is -2.28. The SMILES string of the molecule is CC(c1ccccc1)C(N)Cc1ccc(Br)s1. The molecule has 1 aromatic heterocycles. The lowest BCUT2D eigenvalue weighted by atomic mass is 9.92. The number of hydrogen-bond donors (Lipinski definition) is 1. The molecule has 0 saturated heterocycles. The second-order valence-electron chi connectivity index (χ2n) is 4.27. The third-order valence-corrected chi connectivity index (χ3v) is 4.68. The van der Waals surface area contributed by atoms with E-state index in [0.29, 0.717) is 5.92 Å². The molecule has 17 heavy (non-hydrogen) atoms. The highest BCUT2D eigenvalue weighted by Gasteiger charge is 2.15. The first-order chi connectivity index (χ1) is 8.16. The summed E-state index contributed by atoms with van der Waals surface area (Å²) in [4.78, 5) is 1.34. The van der Waals surface area contributed by atoms with Crippen molar-refractivity contribution in [2.75, 3.05) is 0 Å². The number of thiophene rings is 1. The first kappa shape index (κ1) is 12.8. The van der Waals surface area contributed by atoms with Gasteiger partial charge in [-0.25, -0.2) is 0 Å². The highest BCUT2D eigenvalue weighted by Crippen LogP contribution is 2.26. The maximum Gasteiger partial charge on any atom is 0.0701 e. The molecule has 2 atom stereocenters. The monoisotopic (exact) mass is 309 g/mol. The van der Waals surface area contributed by atoms with Crippen LogP contribution in [0.25, 0.3) is 0 Å². The quantitative estimate of drug-likeness (QED) is 0.900. The van der Waals surface area contributed by atoms with E-state index in [9.17, 15) is 0 Å². The van der Waals surface area contributed by atoms with Gasteiger partial charge in [0.1, 0.15) is 0 Å². The molecule has 0 spiro atoms. The van der Waals surface area contributed by atoms with Crippen molar-refractivity contribution < 1.29 is 0 Å². The van der Waals surface area contributed by atoms with Crippen LogP contribution in [0.4, 0.5) is 0 Å². The zero-order valence-electron chi connectivity index (χ0n) is 9.77. The van der Waals surface area contributed by atoms with Gasteiger partial charge in [0.25, 0.3) is 0 Å². The molecule has 0 fully saturated rings. The van der Waals surface area contributed by atoms with E-state index in [4.69, 9.17) is 5.73 Å². The van der Waals surface area contributed by atoms with Crippen LogP contribution in [0.15, 0.2) is 46.3 Å². The molecule has 0 aliphatic heterocycles. The maximum absolute atomic E-state index is 6.28. The Morgan fingerprint density at radius 1 is 1.18 bits per heavy atom. The second-order valence-corrected chi connectivity index (χ2v) is 6.82.